The molecule has 0 saturated carbocycles. The van der Waals surface area contributed by atoms with Gasteiger partial charge in [0, 0.05) is 7.05 Å². The van der Waals surface area contributed by atoms with Gasteiger partial charge >= 0.3 is 0 Å². The number of carbonyl (C=O) groups is 1. The molecule has 0 atom stereocenters. The van der Waals surface area contributed by atoms with Gasteiger partial charge in [-0.05, 0) is 41.9 Å². The van der Waals surface area contributed by atoms with Crippen LogP contribution in [0, 0.1) is 0 Å². The van der Waals surface area contributed by atoms with Gasteiger partial charge in [-0.2, -0.15) is 5.10 Å². The van der Waals surface area contributed by atoms with Gasteiger partial charge in [-0.1, -0.05) is 27.7 Å². The molecule has 1 aromatic heterocycles. The molecular formula is C14H24BrN3O. The number of carbonyl (C=O) groups excluding carboxylic acids is 1. The number of Topliss-reactive ketones (excluding diaryl/α,β-unsaturated/α-hetero) is 1. The zero-order chi connectivity index (χ0) is 14.6. The summed E-state index contributed by atoms with van der Waals surface area (Å²) in [7, 11) is 1.82. The number of halogens is 1. The molecule has 0 amide bonds. The molecule has 0 aliphatic rings. The van der Waals surface area contributed by atoms with Gasteiger partial charge in [-0.3, -0.25) is 14.4 Å². The van der Waals surface area contributed by atoms with E-state index in [-0.39, 0.29) is 5.78 Å². The van der Waals surface area contributed by atoms with Gasteiger partial charge in [0.1, 0.15) is 5.69 Å². The average molecular weight is 330 g/mol. The Balaban J connectivity index is 3.30. The van der Waals surface area contributed by atoms with Crippen LogP contribution in [0.4, 0.5) is 0 Å². The summed E-state index contributed by atoms with van der Waals surface area (Å²) < 4.78 is 2.44. The first-order valence-electron chi connectivity index (χ1n) is 6.95. The fraction of sp³-hybridized carbons (Fsp3) is 0.714. The number of nitrogens with zero attached hydrogens (tertiary/aromatic N) is 3. The number of hydrogen-bond acceptors (Lipinski definition) is 3. The lowest BCUT2D eigenvalue weighted by Crippen LogP contribution is -2.54. The van der Waals surface area contributed by atoms with Crippen LogP contribution in [0.15, 0.2) is 10.7 Å². The Hall–Kier alpha value is -0.680. The van der Waals surface area contributed by atoms with Crippen molar-refractivity contribution in [2.24, 2.45) is 7.05 Å². The zero-order valence-corrected chi connectivity index (χ0v) is 14.1. The molecule has 0 spiro atoms. The van der Waals surface area contributed by atoms with E-state index in [9.17, 15) is 4.79 Å². The Kier molecular flexibility index (Phi) is 5.74. The predicted octanol–water partition coefficient (Wildman–Crippen LogP) is 3.27. The van der Waals surface area contributed by atoms with Crippen molar-refractivity contribution in [3.63, 3.8) is 0 Å². The summed E-state index contributed by atoms with van der Waals surface area (Å²) in [6.07, 6.45) is 3.30. The number of likely N-dealkylation sites (N-methyl/N-ethyl adjacent to an activating group) is 1. The smallest absolute Gasteiger partial charge is 0.202 e. The molecule has 0 radical (unpaired) electrons. The molecule has 0 fully saturated rings. The highest BCUT2D eigenvalue weighted by molar-refractivity contribution is 9.10. The average Bonchev–Trinajstić information content (AvgIpc) is 2.75. The van der Waals surface area contributed by atoms with Crippen LogP contribution >= 0.6 is 15.9 Å². The summed E-state index contributed by atoms with van der Waals surface area (Å²) in [6.45, 7) is 10.1. The second-order valence-electron chi connectivity index (χ2n) is 4.70. The molecule has 0 aliphatic carbocycles. The molecule has 4 nitrogen and oxygen atoms in total. The molecule has 108 valence electrons. The minimum atomic E-state index is -0.431. The second-order valence-corrected chi connectivity index (χ2v) is 5.56. The maximum absolute atomic E-state index is 13.1. The van der Waals surface area contributed by atoms with Crippen LogP contribution in [0.25, 0.3) is 0 Å². The minimum Gasteiger partial charge on any atom is -0.291 e. The van der Waals surface area contributed by atoms with Crippen LogP contribution in [0.3, 0.4) is 0 Å². The SMILES string of the molecule is CCN(CC)C(CC)(CC)C(=O)c1c(Br)cnn1C. The Morgan fingerprint density at radius 1 is 1.32 bits per heavy atom. The monoisotopic (exact) mass is 329 g/mol. The molecule has 5 heteroatoms. The van der Waals surface area contributed by atoms with E-state index in [0.29, 0.717) is 5.69 Å². The molecule has 1 heterocycles. The van der Waals surface area contributed by atoms with Gasteiger partial charge in [0.15, 0.2) is 0 Å². The Labute approximate surface area is 124 Å². The topological polar surface area (TPSA) is 38.1 Å². The van der Waals surface area contributed by atoms with E-state index in [1.165, 1.54) is 0 Å². The highest BCUT2D eigenvalue weighted by Crippen LogP contribution is 2.31. The number of ketones is 1. The number of rotatable bonds is 7. The van der Waals surface area contributed by atoms with Crippen molar-refractivity contribution in [3.05, 3.63) is 16.4 Å². The third-order valence-electron chi connectivity index (χ3n) is 4.07. The van der Waals surface area contributed by atoms with Crippen LogP contribution in [0.5, 0.6) is 0 Å². The first-order valence-corrected chi connectivity index (χ1v) is 7.75. The van der Waals surface area contributed by atoms with Gasteiger partial charge in [0.05, 0.1) is 16.2 Å². The number of aryl methyl sites for hydroxylation is 1. The third-order valence-corrected chi connectivity index (χ3v) is 4.65. The van der Waals surface area contributed by atoms with E-state index in [0.717, 1.165) is 30.4 Å². The normalized spacial score (nSPS) is 12.2. The van der Waals surface area contributed by atoms with E-state index in [4.69, 9.17) is 0 Å². The highest BCUT2D eigenvalue weighted by atomic mass is 79.9. The Morgan fingerprint density at radius 3 is 2.16 bits per heavy atom. The van der Waals surface area contributed by atoms with E-state index in [1.54, 1.807) is 10.9 Å². The van der Waals surface area contributed by atoms with E-state index >= 15 is 0 Å². The zero-order valence-electron chi connectivity index (χ0n) is 12.5. The summed E-state index contributed by atoms with van der Waals surface area (Å²) in [6, 6.07) is 0. The Morgan fingerprint density at radius 2 is 1.84 bits per heavy atom. The lowest BCUT2D eigenvalue weighted by Gasteiger charge is -2.40. The van der Waals surface area contributed by atoms with Crippen LogP contribution in [-0.4, -0.2) is 39.1 Å². The summed E-state index contributed by atoms with van der Waals surface area (Å²) in [5.74, 6) is 0.160. The van der Waals surface area contributed by atoms with Crippen molar-refractivity contribution in [2.75, 3.05) is 13.1 Å². The van der Waals surface area contributed by atoms with Crippen LogP contribution in [0.2, 0.25) is 0 Å². The maximum atomic E-state index is 13.1. The number of hydrogen-bond donors (Lipinski definition) is 0. The lowest BCUT2D eigenvalue weighted by atomic mass is 9.84. The van der Waals surface area contributed by atoms with Crippen molar-refractivity contribution >= 4 is 21.7 Å². The second kappa shape index (κ2) is 6.66. The molecule has 0 bridgehead atoms. The van der Waals surface area contributed by atoms with Crippen LogP contribution in [0.1, 0.15) is 51.0 Å². The van der Waals surface area contributed by atoms with Crippen molar-refractivity contribution in [1.82, 2.24) is 14.7 Å². The van der Waals surface area contributed by atoms with E-state index in [2.05, 4.69) is 53.6 Å². The molecule has 0 unspecified atom stereocenters. The van der Waals surface area contributed by atoms with Crippen molar-refractivity contribution in [2.45, 2.75) is 46.1 Å². The standard InChI is InChI=1S/C14H24BrN3O/c1-6-14(7-2,18(8-3)9-4)13(19)12-11(15)10-16-17(12)5/h10H,6-9H2,1-5H3. The quantitative estimate of drug-likeness (QED) is 0.720. The molecule has 0 N–H and O–H groups in total. The summed E-state index contributed by atoms with van der Waals surface area (Å²) in [5.41, 5.74) is 0.232. The minimum absolute atomic E-state index is 0.160. The van der Waals surface area contributed by atoms with Gasteiger partial charge in [0.2, 0.25) is 5.78 Å². The predicted molar refractivity (Wildman–Crippen MR) is 81.5 cm³/mol. The molecule has 1 aromatic rings. The molecule has 0 saturated heterocycles. The molecule has 19 heavy (non-hydrogen) atoms. The van der Waals surface area contributed by atoms with Crippen molar-refractivity contribution in [1.29, 1.82) is 0 Å². The summed E-state index contributed by atoms with van der Waals surface area (Å²) >= 11 is 3.44. The van der Waals surface area contributed by atoms with Gasteiger partial charge in [-0.25, -0.2) is 0 Å². The van der Waals surface area contributed by atoms with Crippen LogP contribution < -0.4 is 0 Å². The molecule has 0 aromatic carbocycles. The van der Waals surface area contributed by atoms with Gasteiger partial charge in [0.25, 0.3) is 0 Å². The van der Waals surface area contributed by atoms with Crippen molar-refractivity contribution in [3.8, 4) is 0 Å². The lowest BCUT2D eigenvalue weighted by molar-refractivity contribution is 0.0524. The summed E-state index contributed by atoms with van der Waals surface area (Å²) in [5, 5.41) is 4.16. The Bertz CT molecular complexity index is 414. The van der Waals surface area contributed by atoms with Crippen molar-refractivity contribution < 1.29 is 4.79 Å². The highest BCUT2D eigenvalue weighted by Gasteiger charge is 2.41. The van der Waals surface area contributed by atoms with Crippen LogP contribution in [-0.2, 0) is 7.05 Å². The molecule has 0 aliphatic heterocycles. The fourth-order valence-corrected chi connectivity index (χ4v) is 3.41. The largest absolute Gasteiger partial charge is 0.291 e. The molecule has 1 rings (SSSR count). The number of aromatic nitrogens is 2. The first kappa shape index (κ1) is 16.4. The van der Waals surface area contributed by atoms with E-state index < -0.39 is 5.54 Å². The maximum Gasteiger partial charge on any atom is 0.202 e. The first-order chi connectivity index (χ1) is 8.98. The summed E-state index contributed by atoms with van der Waals surface area (Å²) in [4.78, 5) is 15.3. The fourth-order valence-electron chi connectivity index (χ4n) is 2.88. The van der Waals surface area contributed by atoms with Gasteiger partial charge in [-0.15, -0.1) is 0 Å². The van der Waals surface area contributed by atoms with Gasteiger partial charge < -0.3 is 0 Å². The third kappa shape index (κ3) is 2.77. The molecular weight excluding hydrogens is 306 g/mol. The van der Waals surface area contributed by atoms with E-state index in [1.807, 2.05) is 7.05 Å².